The monoisotopic (exact) mass is 378 g/mol. The summed E-state index contributed by atoms with van der Waals surface area (Å²) in [5, 5.41) is 9.99. The minimum Gasteiger partial charge on any atom is -0.481 e. The van der Waals surface area contributed by atoms with Crippen LogP contribution in [0.5, 0.6) is 0 Å². The van der Waals surface area contributed by atoms with E-state index in [4.69, 9.17) is 25.9 Å². The molecule has 0 spiro atoms. The van der Waals surface area contributed by atoms with Crippen LogP contribution >= 0.6 is 11.6 Å². The zero-order chi connectivity index (χ0) is 19.0. The highest BCUT2D eigenvalue weighted by Gasteiger charge is 2.49. The number of carbonyl (C=O) groups excluding carboxylic acids is 2. The van der Waals surface area contributed by atoms with Crippen molar-refractivity contribution in [3.8, 4) is 0 Å². The van der Waals surface area contributed by atoms with Crippen LogP contribution in [0.15, 0.2) is 22.6 Å². The van der Waals surface area contributed by atoms with Crippen molar-refractivity contribution < 1.29 is 28.6 Å². The zero-order valence-electron chi connectivity index (χ0n) is 14.5. The first-order valence-corrected chi connectivity index (χ1v) is 8.84. The molecular weight excluding hydrogens is 360 g/mol. The van der Waals surface area contributed by atoms with Crippen molar-refractivity contribution in [3.05, 3.63) is 34.5 Å². The smallest absolute Gasteiger partial charge is 0.309 e. The van der Waals surface area contributed by atoms with Gasteiger partial charge in [-0.2, -0.15) is 0 Å². The van der Waals surface area contributed by atoms with Gasteiger partial charge in [-0.15, -0.1) is 0 Å². The van der Waals surface area contributed by atoms with E-state index in [1.807, 2.05) is 0 Å². The molecule has 1 aromatic carbocycles. The van der Waals surface area contributed by atoms with E-state index in [0.29, 0.717) is 34.8 Å². The summed E-state index contributed by atoms with van der Waals surface area (Å²) >= 11 is 6.22. The molecule has 1 N–H and O–H groups in total. The van der Waals surface area contributed by atoms with Gasteiger partial charge in [-0.3, -0.25) is 14.4 Å². The van der Waals surface area contributed by atoms with Gasteiger partial charge in [0.25, 0.3) is 0 Å². The van der Waals surface area contributed by atoms with Gasteiger partial charge < -0.3 is 14.3 Å². The number of carbonyl (C=O) groups is 3. The number of carboxylic acids is 1. The fourth-order valence-electron chi connectivity index (χ4n) is 3.04. The molecule has 0 amide bonds. The van der Waals surface area contributed by atoms with Gasteiger partial charge in [-0.1, -0.05) is 18.5 Å². The van der Waals surface area contributed by atoms with Gasteiger partial charge in [0.2, 0.25) is 0 Å². The van der Waals surface area contributed by atoms with Crippen molar-refractivity contribution in [2.24, 2.45) is 11.8 Å². The summed E-state index contributed by atoms with van der Waals surface area (Å²) < 4.78 is 10.8. The number of ketones is 1. The van der Waals surface area contributed by atoms with Gasteiger partial charge in [0.15, 0.2) is 5.78 Å². The van der Waals surface area contributed by atoms with Crippen LogP contribution in [0, 0.1) is 18.8 Å². The van der Waals surface area contributed by atoms with Gasteiger partial charge in [-0.05, 0) is 38.0 Å². The Bertz CT molecular complexity index is 884. The van der Waals surface area contributed by atoms with Gasteiger partial charge in [-0.25, -0.2) is 0 Å². The molecule has 1 aliphatic rings. The molecule has 1 saturated carbocycles. The third-order valence-electron chi connectivity index (χ3n) is 4.57. The number of benzene rings is 1. The van der Waals surface area contributed by atoms with Crippen LogP contribution in [-0.4, -0.2) is 28.9 Å². The number of halogens is 1. The summed E-state index contributed by atoms with van der Waals surface area (Å²) in [5.41, 5.74) is 0.931. The molecule has 0 aliphatic heterocycles. The minimum atomic E-state index is -1.02. The molecular formula is C19H19ClO6. The Morgan fingerprint density at radius 2 is 2.04 bits per heavy atom. The SMILES string of the molecule is CCC(CC(=O)O)OC(=O)[C@H]1C[C@@H]1C(=O)c1cc(Cl)c2cc(C)oc2c1. The molecule has 0 bridgehead atoms. The van der Waals surface area contributed by atoms with Crippen molar-refractivity contribution in [1.82, 2.24) is 0 Å². The lowest BCUT2D eigenvalue weighted by Crippen LogP contribution is -2.22. The number of aliphatic carboxylic acids is 1. The second-order valence-electron chi connectivity index (χ2n) is 6.60. The van der Waals surface area contributed by atoms with Crippen LogP contribution < -0.4 is 0 Å². The van der Waals surface area contributed by atoms with Crippen molar-refractivity contribution in [2.75, 3.05) is 0 Å². The van der Waals surface area contributed by atoms with E-state index in [1.165, 1.54) is 0 Å². The first kappa shape index (κ1) is 18.5. The highest BCUT2D eigenvalue weighted by atomic mass is 35.5. The average molecular weight is 379 g/mol. The van der Waals surface area contributed by atoms with E-state index < -0.39 is 29.9 Å². The molecule has 1 aromatic heterocycles. The molecule has 138 valence electrons. The molecule has 7 heteroatoms. The average Bonchev–Trinajstić information content (AvgIpc) is 3.28. The first-order valence-electron chi connectivity index (χ1n) is 8.46. The molecule has 26 heavy (non-hydrogen) atoms. The van der Waals surface area contributed by atoms with Crippen LogP contribution in [0.3, 0.4) is 0 Å². The summed E-state index contributed by atoms with van der Waals surface area (Å²) in [6.07, 6.45) is -0.104. The Labute approximate surface area is 155 Å². The molecule has 3 atom stereocenters. The summed E-state index contributed by atoms with van der Waals surface area (Å²) in [6, 6.07) is 5.02. The third kappa shape index (κ3) is 3.75. The van der Waals surface area contributed by atoms with Crippen LogP contribution in [0.1, 0.15) is 42.3 Å². The number of hydrogen-bond acceptors (Lipinski definition) is 5. The number of aryl methyl sites for hydroxylation is 1. The van der Waals surface area contributed by atoms with Crippen molar-refractivity contribution in [1.29, 1.82) is 0 Å². The third-order valence-corrected chi connectivity index (χ3v) is 4.88. The lowest BCUT2D eigenvalue weighted by atomic mass is 10.0. The van der Waals surface area contributed by atoms with Crippen molar-refractivity contribution >= 4 is 40.3 Å². The number of carboxylic acid groups (broad SMARTS) is 1. The molecule has 0 saturated heterocycles. The van der Waals surface area contributed by atoms with Gasteiger partial charge in [0.1, 0.15) is 17.4 Å². The fourth-order valence-corrected chi connectivity index (χ4v) is 3.31. The normalized spacial score (nSPS) is 20.0. The number of rotatable bonds is 7. The Morgan fingerprint density at radius 3 is 2.69 bits per heavy atom. The number of esters is 1. The molecule has 2 aromatic rings. The van der Waals surface area contributed by atoms with E-state index in [0.717, 1.165) is 5.39 Å². The first-order chi connectivity index (χ1) is 12.3. The van der Waals surface area contributed by atoms with E-state index in [1.54, 1.807) is 32.0 Å². The topological polar surface area (TPSA) is 93.8 Å². The molecule has 3 rings (SSSR count). The van der Waals surface area contributed by atoms with Gasteiger partial charge >= 0.3 is 11.9 Å². The Balaban J connectivity index is 1.69. The lowest BCUT2D eigenvalue weighted by molar-refractivity contribution is -0.154. The number of furan rings is 1. The second kappa shape index (κ2) is 7.11. The molecule has 1 fully saturated rings. The Hall–Kier alpha value is -2.34. The molecule has 1 unspecified atom stereocenters. The van der Waals surface area contributed by atoms with Crippen LogP contribution in [-0.2, 0) is 14.3 Å². The van der Waals surface area contributed by atoms with Crippen LogP contribution in [0.25, 0.3) is 11.0 Å². The Kier molecular flexibility index (Phi) is 5.05. The number of hydrogen-bond donors (Lipinski definition) is 1. The van der Waals surface area contributed by atoms with Crippen LogP contribution in [0.4, 0.5) is 0 Å². The maximum absolute atomic E-state index is 12.7. The van der Waals surface area contributed by atoms with E-state index in [-0.39, 0.29) is 12.2 Å². The fraction of sp³-hybridized carbons (Fsp3) is 0.421. The predicted molar refractivity (Wildman–Crippen MR) is 94.3 cm³/mol. The van der Waals surface area contributed by atoms with Crippen LogP contribution in [0.2, 0.25) is 5.02 Å². The number of Topliss-reactive ketones (excluding diaryl/α,β-unsaturated/α-hetero) is 1. The van der Waals surface area contributed by atoms with Gasteiger partial charge in [0, 0.05) is 16.9 Å². The van der Waals surface area contributed by atoms with Gasteiger partial charge in [0.05, 0.1) is 17.4 Å². The highest BCUT2D eigenvalue weighted by molar-refractivity contribution is 6.35. The molecule has 6 nitrogen and oxygen atoms in total. The van der Waals surface area contributed by atoms with Crippen molar-refractivity contribution in [2.45, 2.75) is 39.2 Å². The molecule has 1 aliphatic carbocycles. The highest BCUT2D eigenvalue weighted by Crippen LogP contribution is 2.43. The zero-order valence-corrected chi connectivity index (χ0v) is 15.2. The van der Waals surface area contributed by atoms with E-state index >= 15 is 0 Å². The predicted octanol–water partition coefficient (Wildman–Crippen LogP) is 4.01. The maximum Gasteiger partial charge on any atom is 0.309 e. The molecule has 1 heterocycles. The largest absolute Gasteiger partial charge is 0.481 e. The summed E-state index contributed by atoms with van der Waals surface area (Å²) in [7, 11) is 0. The minimum absolute atomic E-state index is 0.184. The van der Waals surface area contributed by atoms with E-state index in [9.17, 15) is 14.4 Å². The molecule has 0 radical (unpaired) electrons. The lowest BCUT2D eigenvalue weighted by Gasteiger charge is -2.13. The number of fused-ring (bicyclic) bond motifs is 1. The summed E-state index contributed by atoms with van der Waals surface area (Å²) in [5.74, 6) is -2.02. The number of ether oxygens (including phenoxy) is 1. The maximum atomic E-state index is 12.7. The standard InChI is InChI=1S/C19H19ClO6/c1-3-11(7-17(21)22)26-19(24)13-8-12(13)18(23)10-5-15(20)14-4-9(2)25-16(14)6-10/h4-6,11-13H,3,7-8H2,1-2H3,(H,21,22)/t11?,12-,13-/m0/s1. The summed E-state index contributed by atoms with van der Waals surface area (Å²) in [6.45, 7) is 3.55. The quantitative estimate of drug-likeness (QED) is 0.578. The summed E-state index contributed by atoms with van der Waals surface area (Å²) in [4.78, 5) is 35.6. The second-order valence-corrected chi connectivity index (χ2v) is 7.01. The Morgan fingerprint density at radius 1 is 1.31 bits per heavy atom. The van der Waals surface area contributed by atoms with Crippen molar-refractivity contribution in [3.63, 3.8) is 0 Å². The van der Waals surface area contributed by atoms with E-state index in [2.05, 4.69) is 0 Å².